The molecule has 17 heavy (non-hydrogen) atoms. The normalized spacial score (nSPS) is 21.5. The van der Waals surface area contributed by atoms with Crippen molar-refractivity contribution >= 4 is 24.2 Å². The second-order valence-electron chi connectivity index (χ2n) is 4.48. The lowest BCUT2D eigenvalue weighted by molar-refractivity contribution is -0.136. The number of carbonyl (C=O) groups is 2. The van der Waals surface area contributed by atoms with E-state index in [4.69, 9.17) is 11.5 Å². The van der Waals surface area contributed by atoms with Gasteiger partial charge in [-0.1, -0.05) is 13.3 Å². The van der Waals surface area contributed by atoms with Crippen LogP contribution in [0.5, 0.6) is 0 Å². The van der Waals surface area contributed by atoms with E-state index < -0.39 is 11.9 Å². The second kappa shape index (κ2) is 7.50. The molecule has 6 heteroatoms. The number of halogens is 1. The number of piperidine rings is 1. The molecule has 2 atom stereocenters. The van der Waals surface area contributed by atoms with Crippen molar-refractivity contribution in [2.45, 2.75) is 38.6 Å². The Morgan fingerprint density at radius 3 is 2.65 bits per heavy atom. The van der Waals surface area contributed by atoms with Crippen LogP contribution in [-0.4, -0.2) is 35.8 Å². The number of amides is 2. The molecule has 0 aromatic rings. The summed E-state index contributed by atoms with van der Waals surface area (Å²) in [4.78, 5) is 24.3. The molecule has 0 aromatic heterocycles. The molecule has 0 aromatic carbocycles. The maximum absolute atomic E-state index is 11.9. The highest BCUT2D eigenvalue weighted by Gasteiger charge is 2.26. The van der Waals surface area contributed by atoms with Crippen LogP contribution in [0.4, 0.5) is 0 Å². The highest BCUT2D eigenvalue weighted by Crippen LogP contribution is 2.19. The van der Waals surface area contributed by atoms with E-state index in [-0.39, 0.29) is 24.7 Å². The summed E-state index contributed by atoms with van der Waals surface area (Å²) in [5, 5.41) is 0. The molecule has 1 aliphatic rings. The molecule has 1 heterocycles. The summed E-state index contributed by atoms with van der Waals surface area (Å²) >= 11 is 0. The molecule has 0 bridgehead atoms. The fourth-order valence-corrected chi connectivity index (χ4v) is 2.14. The van der Waals surface area contributed by atoms with Crippen LogP contribution in [0.15, 0.2) is 0 Å². The van der Waals surface area contributed by atoms with Crippen molar-refractivity contribution < 1.29 is 9.59 Å². The quantitative estimate of drug-likeness (QED) is 0.762. The van der Waals surface area contributed by atoms with Crippen molar-refractivity contribution in [1.29, 1.82) is 0 Å². The Labute approximate surface area is 108 Å². The average Bonchev–Trinajstić information content (AvgIpc) is 2.27. The van der Waals surface area contributed by atoms with Gasteiger partial charge in [0.25, 0.3) is 0 Å². The van der Waals surface area contributed by atoms with Crippen LogP contribution in [0, 0.1) is 5.92 Å². The van der Waals surface area contributed by atoms with Crippen LogP contribution in [0.1, 0.15) is 32.6 Å². The van der Waals surface area contributed by atoms with E-state index in [1.54, 1.807) is 4.90 Å². The van der Waals surface area contributed by atoms with E-state index >= 15 is 0 Å². The van der Waals surface area contributed by atoms with E-state index in [1.165, 1.54) is 6.42 Å². The fraction of sp³-hybridized carbons (Fsp3) is 0.818. The van der Waals surface area contributed by atoms with Gasteiger partial charge in [-0.05, 0) is 18.8 Å². The van der Waals surface area contributed by atoms with Crippen LogP contribution in [0.3, 0.4) is 0 Å². The summed E-state index contributed by atoms with van der Waals surface area (Å²) in [6.45, 7) is 3.64. The number of nitrogens with two attached hydrogens (primary N) is 2. The Balaban J connectivity index is 0.00000256. The molecule has 0 aliphatic carbocycles. The van der Waals surface area contributed by atoms with Crippen molar-refractivity contribution in [3.63, 3.8) is 0 Å². The third-order valence-electron chi connectivity index (χ3n) is 3.15. The summed E-state index contributed by atoms with van der Waals surface area (Å²) in [7, 11) is 0. The number of hydrogen-bond acceptors (Lipinski definition) is 3. The first kappa shape index (κ1) is 16.2. The zero-order valence-corrected chi connectivity index (χ0v) is 11.0. The SMILES string of the molecule is CCC1CCCN(C(=O)C(N)CC(N)=O)C1.Cl. The third-order valence-corrected chi connectivity index (χ3v) is 3.15. The maximum Gasteiger partial charge on any atom is 0.240 e. The predicted molar refractivity (Wildman–Crippen MR) is 68.6 cm³/mol. The minimum absolute atomic E-state index is 0. The third kappa shape index (κ3) is 4.91. The van der Waals surface area contributed by atoms with Crippen molar-refractivity contribution in [3.8, 4) is 0 Å². The monoisotopic (exact) mass is 263 g/mol. The Morgan fingerprint density at radius 1 is 1.47 bits per heavy atom. The first-order valence-corrected chi connectivity index (χ1v) is 5.87. The molecule has 1 saturated heterocycles. The Bertz CT molecular complexity index is 273. The molecule has 2 unspecified atom stereocenters. The topological polar surface area (TPSA) is 89.4 Å². The maximum atomic E-state index is 11.9. The summed E-state index contributed by atoms with van der Waals surface area (Å²) < 4.78 is 0. The summed E-state index contributed by atoms with van der Waals surface area (Å²) in [5.41, 5.74) is 10.7. The van der Waals surface area contributed by atoms with Gasteiger partial charge in [0.05, 0.1) is 12.5 Å². The zero-order valence-electron chi connectivity index (χ0n) is 10.2. The van der Waals surface area contributed by atoms with Crippen molar-refractivity contribution in [3.05, 3.63) is 0 Å². The molecule has 0 radical (unpaired) electrons. The van der Waals surface area contributed by atoms with Crippen LogP contribution in [-0.2, 0) is 9.59 Å². The Hall–Kier alpha value is -0.810. The standard InChI is InChI=1S/C11H21N3O2.ClH/c1-2-8-4-3-5-14(7-8)11(16)9(12)6-10(13)15;/h8-9H,2-7,12H2,1H3,(H2,13,15);1H. The molecule has 1 rings (SSSR count). The number of primary amides is 1. The van der Waals surface area contributed by atoms with Crippen molar-refractivity contribution in [2.24, 2.45) is 17.4 Å². The lowest BCUT2D eigenvalue weighted by Gasteiger charge is -2.33. The van der Waals surface area contributed by atoms with E-state index in [1.807, 2.05) is 0 Å². The predicted octanol–water partition coefficient (Wildman–Crippen LogP) is 0.260. The highest BCUT2D eigenvalue weighted by atomic mass is 35.5. The largest absolute Gasteiger partial charge is 0.370 e. The molecule has 5 nitrogen and oxygen atoms in total. The van der Waals surface area contributed by atoms with Gasteiger partial charge in [0.15, 0.2) is 0 Å². The van der Waals surface area contributed by atoms with Gasteiger partial charge in [0.1, 0.15) is 0 Å². The Kier molecular flexibility index (Phi) is 7.15. The van der Waals surface area contributed by atoms with Crippen LogP contribution in [0.25, 0.3) is 0 Å². The number of rotatable bonds is 4. The molecule has 1 fully saturated rings. The fourth-order valence-electron chi connectivity index (χ4n) is 2.14. The van der Waals surface area contributed by atoms with E-state index in [2.05, 4.69) is 6.92 Å². The van der Waals surface area contributed by atoms with Crippen LogP contribution in [0.2, 0.25) is 0 Å². The molecule has 1 aliphatic heterocycles. The van der Waals surface area contributed by atoms with Gasteiger partial charge in [0, 0.05) is 13.1 Å². The van der Waals surface area contributed by atoms with Crippen molar-refractivity contribution in [2.75, 3.05) is 13.1 Å². The molecule has 0 saturated carbocycles. The van der Waals surface area contributed by atoms with Gasteiger partial charge >= 0.3 is 0 Å². The minimum atomic E-state index is -0.770. The lowest BCUT2D eigenvalue weighted by Crippen LogP contribution is -2.49. The van der Waals surface area contributed by atoms with Gasteiger partial charge in [-0.2, -0.15) is 0 Å². The Morgan fingerprint density at radius 2 is 2.12 bits per heavy atom. The van der Waals surface area contributed by atoms with E-state index in [0.717, 1.165) is 25.9 Å². The zero-order chi connectivity index (χ0) is 12.1. The first-order valence-electron chi connectivity index (χ1n) is 5.87. The number of nitrogens with zero attached hydrogens (tertiary/aromatic N) is 1. The number of carbonyl (C=O) groups excluding carboxylic acids is 2. The molecular weight excluding hydrogens is 242 g/mol. The van der Waals surface area contributed by atoms with Gasteiger partial charge < -0.3 is 16.4 Å². The van der Waals surface area contributed by atoms with Gasteiger partial charge in [-0.15, -0.1) is 12.4 Å². The number of likely N-dealkylation sites (tertiary alicyclic amines) is 1. The molecule has 2 amide bonds. The molecule has 0 spiro atoms. The van der Waals surface area contributed by atoms with E-state index in [9.17, 15) is 9.59 Å². The lowest BCUT2D eigenvalue weighted by atomic mass is 9.95. The molecular formula is C11H22ClN3O2. The first-order chi connectivity index (χ1) is 7.54. The van der Waals surface area contributed by atoms with E-state index in [0.29, 0.717) is 5.92 Å². The van der Waals surface area contributed by atoms with Crippen LogP contribution < -0.4 is 11.5 Å². The average molecular weight is 264 g/mol. The van der Waals surface area contributed by atoms with Crippen LogP contribution >= 0.6 is 12.4 Å². The van der Waals surface area contributed by atoms with Gasteiger partial charge in [-0.25, -0.2) is 0 Å². The minimum Gasteiger partial charge on any atom is -0.370 e. The van der Waals surface area contributed by atoms with Gasteiger partial charge in [-0.3, -0.25) is 9.59 Å². The number of hydrogen-bond donors (Lipinski definition) is 2. The van der Waals surface area contributed by atoms with Crippen molar-refractivity contribution in [1.82, 2.24) is 4.90 Å². The highest BCUT2D eigenvalue weighted by molar-refractivity contribution is 5.87. The van der Waals surface area contributed by atoms with Gasteiger partial charge in [0.2, 0.25) is 11.8 Å². The second-order valence-corrected chi connectivity index (χ2v) is 4.48. The summed E-state index contributed by atoms with van der Waals surface area (Å²) in [6.07, 6.45) is 3.21. The summed E-state index contributed by atoms with van der Waals surface area (Å²) in [6, 6.07) is -0.770. The summed E-state index contributed by atoms with van der Waals surface area (Å²) in [5.74, 6) is -0.0969. The molecule has 4 N–H and O–H groups in total. The smallest absolute Gasteiger partial charge is 0.240 e. The molecule has 100 valence electrons.